The van der Waals surface area contributed by atoms with Gasteiger partial charge in [-0.15, -0.1) is 0 Å². The Balaban J connectivity index is 1.57. The first-order valence-corrected chi connectivity index (χ1v) is 11.4. The first-order valence-electron chi connectivity index (χ1n) is 11.4. The largest absolute Gasteiger partial charge is 0.447 e. The second kappa shape index (κ2) is 7.59. The Morgan fingerprint density at radius 2 is 1.92 bits per heavy atom. The molecule has 2 N–H and O–H groups in total. The molecule has 190 valence electrons. The molecule has 6 rings (SSSR count). The number of ether oxygens (including phenoxy) is 2. The smallest absolute Gasteiger partial charge is 0.416 e. The zero-order chi connectivity index (χ0) is 25.5. The van der Waals surface area contributed by atoms with Crippen molar-refractivity contribution in [1.29, 1.82) is 0 Å². The molecule has 5 heterocycles. The van der Waals surface area contributed by atoms with E-state index >= 15 is 4.39 Å². The molecule has 36 heavy (non-hydrogen) atoms. The number of rotatable bonds is 2. The van der Waals surface area contributed by atoms with Gasteiger partial charge < -0.3 is 18.9 Å². The van der Waals surface area contributed by atoms with E-state index in [1.54, 1.807) is 18.7 Å². The number of aromatic nitrogens is 1. The van der Waals surface area contributed by atoms with Crippen LogP contribution in [0.3, 0.4) is 0 Å². The summed E-state index contributed by atoms with van der Waals surface area (Å²) in [6.45, 7) is 2.47. The van der Waals surface area contributed by atoms with E-state index in [1.165, 1.54) is 6.07 Å². The molecule has 0 bridgehead atoms. The molecule has 14 heteroatoms. The van der Waals surface area contributed by atoms with Gasteiger partial charge in [0.1, 0.15) is 19.3 Å². The lowest BCUT2D eigenvalue weighted by atomic mass is 9.66. The fourth-order valence-electron chi connectivity index (χ4n) is 5.94. The zero-order valence-electron chi connectivity index (χ0n) is 19.2. The summed E-state index contributed by atoms with van der Waals surface area (Å²) in [5.74, 6) is -2.59. The molecule has 1 aromatic carbocycles. The van der Waals surface area contributed by atoms with Gasteiger partial charge in [0.15, 0.2) is 17.1 Å². The number of benzene rings is 1. The van der Waals surface area contributed by atoms with Crippen LogP contribution in [0.4, 0.5) is 29.9 Å². The fourth-order valence-corrected chi connectivity index (χ4v) is 5.94. The highest BCUT2D eigenvalue weighted by Crippen LogP contribution is 2.50. The molecule has 4 aliphatic heterocycles. The molecule has 0 radical (unpaired) electrons. The van der Waals surface area contributed by atoms with Gasteiger partial charge >= 0.3 is 12.1 Å². The van der Waals surface area contributed by atoms with E-state index in [9.17, 15) is 23.6 Å². The number of morpholine rings is 1. The molecule has 1 aromatic heterocycles. The molecule has 4 atom stereocenters. The Morgan fingerprint density at radius 3 is 2.61 bits per heavy atom. The lowest BCUT2D eigenvalue weighted by Gasteiger charge is -2.55. The molecule has 0 saturated carbocycles. The maximum atomic E-state index is 16.1. The van der Waals surface area contributed by atoms with E-state index < -0.39 is 60.0 Å². The van der Waals surface area contributed by atoms with E-state index in [0.29, 0.717) is 0 Å². The highest BCUT2D eigenvalue weighted by molar-refractivity contribution is 6.20. The van der Waals surface area contributed by atoms with E-state index in [1.807, 2.05) is 0 Å². The molecule has 5 amide bonds. The Morgan fingerprint density at radius 1 is 1.19 bits per heavy atom. The first-order chi connectivity index (χ1) is 17.2. The molecule has 0 aliphatic carbocycles. The molecular formula is C22H21F2N5O7. The third kappa shape index (κ3) is 2.84. The number of hydrogen-bond donors (Lipinski definition) is 2. The van der Waals surface area contributed by atoms with Crippen LogP contribution in [0, 0.1) is 11.2 Å². The number of barbiturate groups is 1. The van der Waals surface area contributed by atoms with Crippen LogP contribution in [0.5, 0.6) is 0 Å². The monoisotopic (exact) mass is 505 g/mol. The third-order valence-electron chi connectivity index (χ3n) is 7.31. The molecule has 12 nitrogen and oxygen atoms in total. The quantitative estimate of drug-likeness (QED) is 0.575. The number of nitrogens with one attached hydrogen (secondary N) is 2. The minimum absolute atomic E-state index is 0.0548. The van der Waals surface area contributed by atoms with Crippen molar-refractivity contribution < 1.29 is 42.0 Å². The minimum Gasteiger partial charge on any atom is -0.447 e. The van der Waals surface area contributed by atoms with Gasteiger partial charge in [-0.3, -0.25) is 20.2 Å². The summed E-state index contributed by atoms with van der Waals surface area (Å²) in [6.07, 6.45) is -2.19. The minimum atomic E-state index is -1.81. The van der Waals surface area contributed by atoms with Crippen molar-refractivity contribution in [3.05, 3.63) is 17.4 Å². The van der Waals surface area contributed by atoms with Crippen molar-refractivity contribution in [2.75, 3.05) is 29.6 Å². The SMILES string of the molecule is C[C@H]1CN2c3c(cc4c(N5C(=O)OC[C@@H]5CF)noc4c3F)CC3(C(=O)NC(=O)NC3=O)[C@@H]2[C@@H](C)O1. The van der Waals surface area contributed by atoms with Gasteiger partial charge in [0.25, 0.3) is 0 Å². The summed E-state index contributed by atoms with van der Waals surface area (Å²) in [5.41, 5.74) is -1.72. The number of hydrogen-bond acceptors (Lipinski definition) is 9. The maximum Gasteiger partial charge on any atom is 0.416 e. The molecular weight excluding hydrogens is 484 g/mol. The van der Waals surface area contributed by atoms with Gasteiger partial charge in [0.05, 0.1) is 29.3 Å². The van der Waals surface area contributed by atoms with Crippen molar-refractivity contribution in [3.8, 4) is 0 Å². The van der Waals surface area contributed by atoms with Gasteiger partial charge in [0, 0.05) is 13.0 Å². The second-order valence-electron chi connectivity index (χ2n) is 9.47. The van der Waals surface area contributed by atoms with E-state index in [4.69, 9.17) is 14.0 Å². The Labute approximate surface area is 201 Å². The van der Waals surface area contributed by atoms with Crippen LogP contribution in [-0.2, 0) is 25.5 Å². The number of fused-ring (bicyclic) bond motifs is 5. The molecule has 2 aromatic rings. The van der Waals surface area contributed by atoms with Gasteiger partial charge in [0.2, 0.25) is 17.4 Å². The number of imide groups is 2. The van der Waals surface area contributed by atoms with Crippen LogP contribution >= 0.6 is 0 Å². The number of alkyl halides is 1. The second-order valence-corrected chi connectivity index (χ2v) is 9.47. The average Bonchev–Trinajstić information content (AvgIpc) is 3.39. The molecule has 1 spiro atoms. The Kier molecular flexibility index (Phi) is 4.78. The molecule has 0 unspecified atom stereocenters. The van der Waals surface area contributed by atoms with Crippen molar-refractivity contribution in [1.82, 2.24) is 15.8 Å². The summed E-state index contributed by atoms with van der Waals surface area (Å²) < 4.78 is 45.7. The summed E-state index contributed by atoms with van der Waals surface area (Å²) in [5, 5.41) is 8.21. The van der Waals surface area contributed by atoms with Crippen molar-refractivity contribution >= 4 is 46.4 Å². The summed E-state index contributed by atoms with van der Waals surface area (Å²) in [6, 6.07) is -1.38. The highest BCUT2D eigenvalue weighted by Gasteiger charge is 2.63. The van der Waals surface area contributed by atoms with Crippen LogP contribution in [0.25, 0.3) is 11.0 Å². The predicted molar refractivity (Wildman–Crippen MR) is 117 cm³/mol. The van der Waals surface area contributed by atoms with E-state index in [-0.39, 0.29) is 53.7 Å². The van der Waals surface area contributed by atoms with Crippen LogP contribution in [0.2, 0.25) is 0 Å². The lowest BCUT2D eigenvalue weighted by Crippen LogP contribution is -2.75. The third-order valence-corrected chi connectivity index (χ3v) is 7.31. The van der Waals surface area contributed by atoms with E-state index in [0.717, 1.165) is 4.90 Å². The van der Waals surface area contributed by atoms with Gasteiger partial charge in [-0.2, -0.15) is 0 Å². The average molecular weight is 505 g/mol. The standard InChI is InChI=1S/C22H21F2N5O7/c1-8-6-28-14-10(4-22(16(28)9(2)35-8)18(30)25-20(32)26-19(22)31)3-12-15(13(14)24)36-27-17(12)29-11(5-23)7-34-21(29)33/h3,8-9,11,16H,4-7H2,1-2H3,(H2,25,26,30,31,32)/t8-,9+,11-,16-/m0/s1. The van der Waals surface area contributed by atoms with Crippen LogP contribution < -0.4 is 20.4 Å². The molecule has 4 aliphatic rings. The van der Waals surface area contributed by atoms with Crippen LogP contribution in [0.1, 0.15) is 19.4 Å². The van der Waals surface area contributed by atoms with Crippen molar-refractivity contribution in [3.63, 3.8) is 0 Å². The van der Waals surface area contributed by atoms with Gasteiger partial charge in [-0.1, -0.05) is 5.16 Å². The predicted octanol–water partition coefficient (Wildman–Crippen LogP) is 1.15. The van der Waals surface area contributed by atoms with Crippen LogP contribution in [0.15, 0.2) is 10.6 Å². The number of carbonyl (C=O) groups excluding carboxylic acids is 4. The summed E-state index contributed by atoms with van der Waals surface area (Å²) >= 11 is 0. The van der Waals surface area contributed by atoms with Crippen LogP contribution in [-0.4, -0.2) is 73.2 Å². The van der Waals surface area contributed by atoms with Gasteiger partial charge in [-0.05, 0) is 25.5 Å². The van der Waals surface area contributed by atoms with Crippen molar-refractivity contribution in [2.24, 2.45) is 5.41 Å². The lowest BCUT2D eigenvalue weighted by molar-refractivity contribution is -0.153. The molecule has 3 saturated heterocycles. The highest BCUT2D eigenvalue weighted by atomic mass is 19.1. The van der Waals surface area contributed by atoms with Crippen molar-refractivity contribution in [2.45, 2.75) is 44.6 Å². The topological polar surface area (TPSA) is 143 Å². The zero-order valence-corrected chi connectivity index (χ0v) is 19.2. The number of urea groups is 1. The maximum absolute atomic E-state index is 16.1. The Bertz CT molecular complexity index is 1330. The van der Waals surface area contributed by atoms with E-state index in [2.05, 4.69) is 15.8 Å². The van der Waals surface area contributed by atoms with Gasteiger partial charge in [-0.25, -0.2) is 23.3 Å². The molecule has 3 fully saturated rings. The number of carbonyl (C=O) groups is 4. The summed E-state index contributed by atoms with van der Waals surface area (Å²) in [7, 11) is 0. The Hall–Kier alpha value is -3.81. The number of anilines is 2. The number of halogens is 2. The number of nitrogens with zero attached hydrogens (tertiary/aromatic N) is 3. The normalized spacial score (nSPS) is 29.2. The number of amides is 5. The first kappa shape index (κ1) is 22.6. The summed E-state index contributed by atoms with van der Waals surface area (Å²) in [4.78, 5) is 53.2. The fraction of sp³-hybridized carbons (Fsp3) is 0.500. The number of cyclic esters (lactones) is 1.